The Morgan fingerprint density at radius 3 is 2.71 bits per heavy atom. The van der Waals surface area contributed by atoms with E-state index in [-0.39, 0.29) is 23.2 Å². The maximum Gasteiger partial charge on any atom is 0.243 e. The summed E-state index contributed by atoms with van der Waals surface area (Å²) in [6.45, 7) is -0.112. The molecular weight excluding hydrogens is 295 g/mol. The average Bonchev–Trinajstić information content (AvgIpc) is 2.47. The topological polar surface area (TPSA) is 50.4 Å². The number of ether oxygens (including phenoxy) is 1. The van der Waals surface area contributed by atoms with E-state index in [0.717, 1.165) is 0 Å². The van der Waals surface area contributed by atoms with Crippen LogP contribution >= 0.6 is 11.6 Å². The van der Waals surface area contributed by atoms with Crippen LogP contribution in [0.25, 0.3) is 0 Å². The van der Waals surface area contributed by atoms with Crippen LogP contribution in [-0.2, 0) is 4.79 Å². The third-order valence-electron chi connectivity index (χ3n) is 2.77. The fourth-order valence-electron chi connectivity index (χ4n) is 1.78. The minimum Gasteiger partial charge on any atom is -0.495 e. The number of halogens is 2. The molecule has 2 aromatic carbocycles. The average molecular weight is 309 g/mol. The van der Waals surface area contributed by atoms with Crippen molar-refractivity contribution in [1.29, 1.82) is 0 Å². The zero-order valence-electron chi connectivity index (χ0n) is 11.3. The van der Waals surface area contributed by atoms with Gasteiger partial charge in [-0.1, -0.05) is 29.8 Å². The maximum absolute atomic E-state index is 13.5. The second kappa shape index (κ2) is 6.95. The van der Waals surface area contributed by atoms with Gasteiger partial charge in [0, 0.05) is 0 Å². The minimum absolute atomic E-state index is 0.106. The van der Waals surface area contributed by atoms with E-state index in [1.54, 1.807) is 30.3 Å². The summed E-state index contributed by atoms with van der Waals surface area (Å²) in [4.78, 5) is 11.9. The second-order valence-corrected chi connectivity index (χ2v) is 4.61. The molecule has 110 valence electrons. The standard InChI is InChI=1S/C15H14ClFN2O2/c1-21-13-8-3-2-7-12(13)19-14(20)9-18-15-10(16)5-4-6-11(15)17/h2-8,18H,9H2,1H3,(H,19,20). The smallest absolute Gasteiger partial charge is 0.243 e. The van der Waals surface area contributed by atoms with E-state index >= 15 is 0 Å². The lowest BCUT2D eigenvalue weighted by molar-refractivity contribution is -0.114. The Balaban J connectivity index is 1.99. The number of rotatable bonds is 5. The second-order valence-electron chi connectivity index (χ2n) is 4.20. The molecule has 2 aromatic rings. The molecule has 0 saturated carbocycles. The summed E-state index contributed by atoms with van der Waals surface area (Å²) >= 11 is 5.87. The highest BCUT2D eigenvalue weighted by Gasteiger charge is 2.10. The number of nitrogens with one attached hydrogen (secondary N) is 2. The van der Waals surface area contributed by atoms with Crippen LogP contribution < -0.4 is 15.4 Å². The van der Waals surface area contributed by atoms with Gasteiger partial charge in [-0.15, -0.1) is 0 Å². The number of carbonyl (C=O) groups is 1. The van der Waals surface area contributed by atoms with E-state index in [4.69, 9.17) is 16.3 Å². The molecule has 0 bridgehead atoms. The summed E-state index contributed by atoms with van der Waals surface area (Å²) in [6, 6.07) is 11.3. The number of hydrogen-bond donors (Lipinski definition) is 2. The van der Waals surface area contributed by atoms with Crippen molar-refractivity contribution in [3.63, 3.8) is 0 Å². The van der Waals surface area contributed by atoms with E-state index in [1.807, 2.05) is 0 Å². The Hall–Kier alpha value is -2.27. The lowest BCUT2D eigenvalue weighted by atomic mass is 10.3. The molecule has 0 atom stereocenters. The molecule has 1 amide bonds. The minimum atomic E-state index is -0.507. The van der Waals surface area contributed by atoms with Crippen LogP contribution in [0.2, 0.25) is 5.02 Å². The highest BCUT2D eigenvalue weighted by atomic mass is 35.5. The number of anilines is 2. The first-order valence-corrected chi connectivity index (χ1v) is 6.60. The SMILES string of the molecule is COc1ccccc1NC(=O)CNc1c(F)cccc1Cl. The van der Waals surface area contributed by atoms with Crippen molar-refractivity contribution in [1.82, 2.24) is 0 Å². The number of methoxy groups -OCH3 is 1. The Labute approximate surface area is 126 Å². The largest absolute Gasteiger partial charge is 0.495 e. The normalized spacial score (nSPS) is 10.0. The summed E-state index contributed by atoms with van der Waals surface area (Å²) in [5, 5.41) is 5.58. The molecule has 0 aliphatic carbocycles. The predicted molar refractivity (Wildman–Crippen MR) is 81.5 cm³/mol. The summed E-state index contributed by atoms with van der Waals surface area (Å²) in [7, 11) is 1.52. The molecule has 0 aliphatic heterocycles. The Kier molecular flexibility index (Phi) is 5.00. The third kappa shape index (κ3) is 3.86. The van der Waals surface area contributed by atoms with Crippen molar-refractivity contribution < 1.29 is 13.9 Å². The zero-order valence-corrected chi connectivity index (χ0v) is 12.1. The molecule has 2 rings (SSSR count). The Bertz CT molecular complexity index is 629. The van der Waals surface area contributed by atoms with Gasteiger partial charge >= 0.3 is 0 Å². The lowest BCUT2D eigenvalue weighted by Gasteiger charge is -2.12. The molecule has 0 radical (unpaired) electrons. The first kappa shape index (κ1) is 15.1. The van der Waals surface area contributed by atoms with Crippen molar-refractivity contribution in [3.8, 4) is 5.75 Å². The van der Waals surface area contributed by atoms with Crippen LogP contribution in [0.15, 0.2) is 42.5 Å². The molecular formula is C15H14ClFN2O2. The van der Waals surface area contributed by atoms with Gasteiger partial charge < -0.3 is 15.4 Å². The van der Waals surface area contributed by atoms with Gasteiger partial charge in [0.2, 0.25) is 5.91 Å². The van der Waals surface area contributed by atoms with Crippen molar-refractivity contribution in [2.45, 2.75) is 0 Å². The number of amides is 1. The van der Waals surface area contributed by atoms with Crippen LogP contribution in [-0.4, -0.2) is 19.6 Å². The van der Waals surface area contributed by atoms with Crippen molar-refractivity contribution in [2.24, 2.45) is 0 Å². The van der Waals surface area contributed by atoms with E-state index in [1.165, 1.54) is 19.2 Å². The molecule has 0 saturated heterocycles. The lowest BCUT2D eigenvalue weighted by Crippen LogP contribution is -2.22. The van der Waals surface area contributed by atoms with Gasteiger partial charge in [-0.2, -0.15) is 0 Å². The Morgan fingerprint density at radius 2 is 2.00 bits per heavy atom. The molecule has 21 heavy (non-hydrogen) atoms. The summed E-state index contributed by atoms with van der Waals surface area (Å²) in [5.74, 6) is -0.291. The van der Waals surface area contributed by atoms with Gasteiger partial charge in [-0.25, -0.2) is 4.39 Å². The number of hydrogen-bond acceptors (Lipinski definition) is 3. The first-order valence-electron chi connectivity index (χ1n) is 6.22. The fourth-order valence-corrected chi connectivity index (χ4v) is 2.01. The van der Waals surface area contributed by atoms with Gasteiger partial charge in [0.15, 0.2) is 0 Å². The molecule has 0 aromatic heterocycles. The third-order valence-corrected chi connectivity index (χ3v) is 3.08. The quantitative estimate of drug-likeness (QED) is 0.888. The highest BCUT2D eigenvalue weighted by molar-refractivity contribution is 6.33. The van der Waals surface area contributed by atoms with Crippen LogP contribution in [0.3, 0.4) is 0 Å². The molecule has 0 aliphatic rings. The van der Waals surface area contributed by atoms with E-state index in [2.05, 4.69) is 10.6 Å². The Morgan fingerprint density at radius 1 is 1.24 bits per heavy atom. The highest BCUT2D eigenvalue weighted by Crippen LogP contribution is 2.25. The number of carbonyl (C=O) groups excluding carboxylic acids is 1. The summed E-state index contributed by atoms with van der Waals surface area (Å²) in [6.07, 6.45) is 0. The van der Waals surface area contributed by atoms with Crippen LogP contribution in [0.4, 0.5) is 15.8 Å². The molecule has 0 heterocycles. The maximum atomic E-state index is 13.5. The number of benzene rings is 2. The molecule has 6 heteroatoms. The summed E-state index contributed by atoms with van der Waals surface area (Å²) < 4.78 is 18.7. The summed E-state index contributed by atoms with van der Waals surface area (Å²) in [5.41, 5.74) is 0.653. The molecule has 0 unspecified atom stereocenters. The van der Waals surface area contributed by atoms with Gasteiger partial charge in [-0.3, -0.25) is 4.79 Å². The van der Waals surface area contributed by atoms with Crippen molar-refractivity contribution in [2.75, 3.05) is 24.3 Å². The van der Waals surface area contributed by atoms with E-state index < -0.39 is 5.82 Å². The predicted octanol–water partition coefficient (Wildman–Crippen LogP) is 3.54. The van der Waals surface area contributed by atoms with Crippen molar-refractivity contribution in [3.05, 3.63) is 53.3 Å². The first-order chi connectivity index (χ1) is 10.1. The number of para-hydroxylation sites is 3. The zero-order chi connectivity index (χ0) is 15.2. The van der Waals surface area contributed by atoms with Gasteiger partial charge in [0.1, 0.15) is 11.6 Å². The molecule has 0 spiro atoms. The van der Waals surface area contributed by atoms with Crippen LogP contribution in [0.5, 0.6) is 5.75 Å². The van der Waals surface area contributed by atoms with E-state index in [0.29, 0.717) is 11.4 Å². The van der Waals surface area contributed by atoms with Crippen LogP contribution in [0, 0.1) is 5.82 Å². The van der Waals surface area contributed by atoms with Gasteiger partial charge in [0.05, 0.1) is 30.1 Å². The monoisotopic (exact) mass is 308 g/mol. The molecule has 4 nitrogen and oxygen atoms in total. The van der Waals surface area contributed by atoms with Crippen molar-refractivity contribution >= 4 is 28.9 Å². The molecule has 0 fully saturated rings. The molecule has 2 N–H and O–H groups in total. The van der Waals surface area contributed by atoms with E-state index in [9.17, 15) is 9.18 Å². The van der Waals surface area contributed by atoms with Gasteiger partial charge in [0.25, 0.3) is 0 Å². The van der Waals surface area contributed by atoms with Crippen LogP contribution in [0.1, 0.15) is 0 Å². The fraction of sp³-hybridized carbons (Fsp3) is 0.133. The van der Waals surface area contributed by atoms with Gasteiger partial charge in [-0.05, 0) is 24.3 Å².